The number of carbonyl (C=O) groups excluding carboxylic acids is 2. The predicted molar refractivity (Wildman–Crippen MR) is 83.0 cm³/mol. The number of nitrogens with zero attached hydrogens (tertiary/aromatic N) is 2. The van der Waals surface area contributed by atoms with Gasteiger partial charge in [0.1, 0.15) is 12.1 Å². The fourth-order valence-corrected chi connectivity index (χ4v) is 2.73. The quantitative estimate of drug-likeness (QED) is 0.689. The molecule has 1 aliphatic rings. The second-order valence-electron chi connectivity index (χ2n) is 6.57. The standard InChI is InChI=1S/C17H21N3O2/c1-5-17(14(21)20(11-10-18)15(22)19-17)13-8-6-12(7-9-13)16(2,3)4/h6-9H,5,11H2,1-4H3,(H,19,22). The van der Waals surface area contributed by atoms with E-state index in [1.54, 1.807) is 0 Å². The molecular formula is C17H21N3O2. The first-order valence-corrected chi connectivity index (χ1v) is 7.38. The molecule has 22 heavy (non-hydrogen) atoms. The fourth-order valence-electron chi connectivity index (χ4n) is 2.73. The maximum absolute atomic E-state index is 12.6. The van der Waals surface area contributed by atoms with E-state index in [0.717, 1.165) is 16.0 Å². The van der Waals surface area contributed by atoms with E-state index in [2.05, 4.69) is 26.1 Å². The maximum Gasteiger partial charge on any atom is 0.326 e. The SMILES string of the molecule is CCC1(c2ccc(C(C)(C)C)cc2)NC(=O)N(CC#N)C1=O. The van der Waals surface area contributed by atoms with Crippen LogP contribution in [0.4, 0.5) is 4.79 Å². The Hall–Kier alpha value is -2.35. The van der Waals surface area contributed by atoms with E-state index >= 15 is 0 Å². The van der Waals surface area contributed by atoms with Crippen molar-refractivity contribution in [2.45, 2.75) is 45.1 Å². The lowest BCUT2D eigenvalue weighted by atomic mass is 9.82. The number of hydrogen-bond acceptors (Lipinski definition) is 3. The molecule has 1 N–H and O–H groups in total. The van der Waals surface area contributed by atoms with Gasteiger partial charge in [0.2, 0.25) is 0 Å². The highest BCUT2D eigenvalue weighted by atomic mass is 16.2. The van der Waals surface area contributed by atoms with Gasteiger partial charge in [-0.05, 0) is 23.0 Å². The molecular weight excluding hydrogens is 278 g/mol. The molecule has 0 spiro atoms. The average molecular weight is 299 g/mol. The monoisotopic (exact) mass is 299 g/mol. The van der Waals surface area contributed by atoms with Crippen molar-refractivity contribution in [3.05, 3.63) is 35.4 Å². The molecule has 0 bridgehead atoms. The highest BCUT2D eigenvalue weighted by Crippen LogP contribution is 2.33. The van der Waals surface area contributed by atoms with Crippen LogP contribution in [0.15, 0.2) is 24.3 Å². The summed E-state index contributed by atoms with van der Waals surface area (Å²) in [6.07, 6.45) is 0.439. The fraction of sp³-hybridized carbons (Fsp3) is 0.471. The van der Waals surface area contributed by atoms with E-state index < -0.39 is 11.6 Å². The van der Waals surface area contributed by atoms with Gasteiger partial charge in [-0.15, -0.1) is 0 Å². The number of amides is 3. The summed E-state index contributed by atoms with van der Waals surface area (Å²) >= 11 is 0. The van der Waals surface area contributed by atoms with Gasteiger partial charge in [-0.1, -0.05) is 52.0 Å². The zero-order valence-corrected chi connectivity index (χ0v) is 13.4. The Labute approximate surface area is 130 Å². The van der Waals surface area contributed by atoms with Crippen molar-refractivity contribution in [1.82, 2.24) is 10.2 Å². The number of urea groups is 1. The van der Waals surface area contributed by atoms with E-state index in [1.807, 2.05) is 37.3 Å². The van der Waals surface area contributed by atoms with Gasteiger partial charge in [-0.25, -0.2) is 9.69 Å². The molecule has 1 aliphatic heterocycles. The third kappa shape index (κ3) is 2.45. The van der Waals surface area contributed by atoms with Crippen LogP contribution >= 0.6 is 0 Å². The number of benzene rings is 1. The molecule has 0 saturated carbocycles. The zero-order chi connectivity index (χ0) is 16.5. The van der Waals surface area contributed by atoms with Crippen LogP contribution in [-0.2, 0) is 15.7 Å². The molecule has 2 rings (SSSR count). The molecule has 5 heteroatoms. The molecule has 0 aromatic heterocycles. The lowest BCUT2D eigenvalue weighted by molar-refractivity contribution is -0.131. The van der Waals surface area contributed by atoms with Gasteiger partial charge in [0.25, 0.3) is 5.91 Å². The van der Waals surface area contributed by atoms with Crippen LogP contribution in [0, 0.1) is 11.3 Å². The van der Waals surface area contributed by atoms with Crippen LogP contribution in [0.25, 0.3) is 0 Å². The third-order valence-electron chi connectivity index (χ3n) is 4.18. The first-order valence-electron chi connectivity index (χ1n) is 7.38. The van der Waals surface area contributed by atoms with Crippen LogP contribution in [0.5, 0.6) is 0 Å². The van der Waals surface area contributed by atoms with Gasteiger partial charge in [-0.2, -0.15) is 5.26 Å². The van der Waals surface area contributed by atoms with E-state index in [9.17, 15) is 9.59 Å². The smallest absolute Gasteiger partial charge is 0.319 e. The summed E-state index contributed by atoms with van der Waals surface area (Å²) in [5, 5.41) is 11.5. The lowest BCUT2D eigenvalue weighted by Gasteiger charge is -2.27. The molecule has 5 nitrogen and oxygen atoms in total. The molecule has 0 aliphatic carbocycles. The molecule has 1 unspecified atom stereocenters. The van der Waals surface area contributed by atoms with Crippen molar-refractivity contribution < 1.29 is 9.59 Å². The van der Waals surface area contributed by atoms with Gasteiger partial charge in [0, 0.05) is 0 Å². The molecule has 0 radical (unpaired) electrons. The Morgan fingerprint density at radius 3 is 2.27 bits per heavy atom. The minimum Gasteiger partial charge on any atom is -0.319 e. The lowest BCUT2D eigenvalue weighted by Crippen LogP contribution is -2.43. The van der Waals surface area contributed by atoms with Crippen LogP contribution in [-0.4, -0.2) is 23.4 Å². The molecule has 1 fully saturated rings. The highest BCUT2D eigenvalue weighted by Gasteiger charge is 2.51. The summed E-state index contributed by atoms with van der Waals surface area (Å²) in [5.74, 6) is -0.356. The zero-order valence-electron chi connectivity index (χ0n) is 13.4. The van der Waals surface area contributed by atoms with E-state index in [0.29, 0.717) is 6.42 Å². The van der Waals surface area contributed by atoms with Gasteiger partial charge in [-0.3, -0.25) is 4.79 Å². The third-order valence-corrected chi connectivity index (χ3v) is 4.18. The maximum atomic E-state index is 12.6. The van der Waals surface area contributed by atoms with Crippen LogP contribution in [0.2, 0.25) is 0 Å². The first kappa shape index (κ1) is 16.0. The van der Waals surface area contributed by atoms with Crippen LogP contribution in [0.3, 0.4) is 0 Å². The van der Waals surface area contributed by atoms with Crippen molar-refractivity contribution in [1.29, 1.82) is 5.26 Å². The normalized spacial score (nSPS) is 21.7. The second-order valence-corrected chi connectivity index (χ2v) is 6.57. The largest absolute Gasteiger partial charge is 0.326 e. The topological polar surface area (TPSA) is 73.2 Å². The first-order chi connectivity index (χ1) is 10.3. The number of rotatable bonds is 3. The van der Waals surface area contributed by atoms with Crippen molar-refractivity contribution in [2.75, 3.05) is 6.54 Å². The Morgan fingerprint density at radius 2 is 1.82 bits per heavy atom. The van der Waals surface area contributed by atoms with Gasteiger partial charge < -0.3 is 5.32 Å². The molecule has 1 aromatic rings. The molecule has 116 valence electrons. The van der Waals surface area contributed by atoms with Crippen molar-refractivity contribution >= 4 is 11.9 Å². The van der Waals surface area contributed by atoms with Crippen molar-refractivity contribution in [3.63, 3.8) is 0 Å². The van der Waals surface area contributed by atoms with Crippen molar-refractivity contribution in [2.24, 2.45) is 0 Å². The average Bonchev–Trinajstić information content (AvgIpc) is 2.72. The molecule has 1 aromatic carbocycles. The van der Waals surface area contributed by atoms with Gasteiger partial charge in [0.05, 0.1) is 6.07 Å². The summed E-state index contributed by atoms with van der Waals surface area (Å²) in [4.78, 5) is 25.6. The van der Waals surface area contributed by atoms with Crippen molar-refractivity contribution in [3.8, 4) is 6.07 Å². The van der Waals surface area contributed by atoms with Crippen LogP contribution in [0.1, 0.15) is 45.2 Å². The van der Waals surface area contributed by atoms with Gasteiger partial charge in [0.15, 0.2) is 0 Å². The number of imide groups is 1. The minimum absolute atomic E-state index is 0.0215. The van der Waals surface area contributed by atoms with E-state index in [4.69, 9.17) is 5.26 Å². The van der Waals surface area contributed by atoms with Gasteiger partial charge >= 0.3 is 6.03 Å². The number of nitriles is 1. The summed E-state index contributed by atoms with van der Waals surface area (Å²) < 4.78 is 0. The summed E-state index contributed by atoms with van der Waals surface area (Å²) in [6.45, 7) is 7.98. The molecule has 3 amide bonds. The van der Waals surface area contributed by atoms with Crippen LogP contribution < -0.4 is 5.32 Å². The molecule has 1 heterocycles. The summed E-state index contributed by atoms with van der Waals surface area (Å²) in [6, 6.07) is 9.10. The van der Waals surface area contributed by atoms with E-state index in [1.165, 1.54) is 0 Å². The summed E-state index contributed by atoms with van der Waals surface area (Å²) in [7, 11) is 0. The minimum atomic E-state index is -1.07. The summed E-state index contributed by atoms with van der Waals surface area (Å²) in [5.41, 5.74) is 0.868. The predicted octanol–water partition coefficient (Wildman–Crippen LogP) is 2.66. The van der Waals surface area contributed by atoms with E-state index in [-0.39, 0.29) is 17.9 Å². The molecule has 1 saturated heterocycles. The second kappa shape index (κ2) is 5.45. The Kier molecular flexibility index (Phi) is 3.97. The number of nitrogens with one attached hydrogen (secondary N) is 1. The Balaban J connectivity index is 2.42. The Bertz CT molecular complexity index is 637. The highest BCUT2D eigenvalue weighted by molar-refractivity contribution is 6.07. The molecule has 1 atom stereocenters. The Morgan fingerprint density at radius 1 is 1.23 bits per heavy atom. The number of carbonyl (C=O) groups is 2. The number of hydrogen-bond donors (Lipinski definition) is 1.